The van der Waals surface area contributed by atoms with Crippen molar-refractivity contribution in [3.05, 3.63) is 0 Å². The van der Waals surface area contributed by atoms with Gasteiger partial charge < -0.3 is 0 Å². The lowest BCUT2D eigenvalue weighted by Crippen LogP contribution is -1.74. The summed E-state index contributed by atoms with van der Waals surface area (Å²) in [6.45, 7) is 0. The van der Waals surface area contributed by atoms with Crippen LogP contribution in [0, 0.1) is 0 Å². The van der Waals surface area contributed by atoms with Crippen molar-refractivity contribution in [1.82, 2.24) is 0 Å². The molecular weight excluding hydrogens is 199 g/mol. The zero-order chi connectivity index (χ0) is 7.15. The van der Waals surface area contributed by atoms with E-state index < -0.39 is 20.6 Å². The van der Waals surface area contributed by atoms with Crippen LogP contribution in [0.25, 0.3) is 0 Å². The molecule has 0 saturated heterocycles. The maximum atomic E-state index is 9.09. The van der Waals surface area contributed by atoms with Crippen molar-refractivity contribution in [3.8, 4) is 0 Å². The fraction of sp³-hybridized carbons (Fsp3) is 0. The van der Waals surface area contributed by atoms with Crippen molar-refractivity contribution in [1.29, 1.82) is 0 Å². The van der Waals surface area contributed by atoms with E-state index in [0.717, 1.165) is 0 Å². The van der Waals surface area contributed by atoms with Gasteiger partial charge in [-0.25, -0.2) is 4.21 Å². The van der Waals surface area contributed by atoms with Crippen LogP contribution >= 0.6 is 21.4 Å². The quantitative estimate of drug-likeness (QED) is 0.447. The molecule has 0 bridgehead atoms. The van der Waals surface area contributed by atoms with E-state index in [4.69, 9.17) is 17.5 Å². The van der Waals surface area contributed by atoms with Gasteiger partial charge in [0, 0.05) is 21.4 Å². The first-order chi connectivity index (χ1) is 3.46. The average molecular weight is 201 g/mol. The zero-order valence-electron chi connectivity index (χ0n) is 3.28. The highest BCUT2D eigenvalue weighted by atomic mass is 36.0. The highest BCUT2D eigenvalue weighted by Gasteiger charge is 1.68. The van der Waals surface area contributed by atoms with E-state index in [0.29, 0.717) is 0 Å². The molecule has 0 aromatic carbocycles. The smallest absolute Gasteiger partial charge is 0.284 e. The second-order valence-corrected chi connectivity index (χ2v) is 3.40. The van der Waals surface area contributed by atoms with Crippen LogP contribution in [0.5, 0.6) is 0 Å². The van der Waals surface area contributed by atoms with E-state index in [1.54, 1.807) is 0 Å². The first-order valence-corrected chi connectivity index (χ1v) is 4.87. The van der Waals surface area contributed by atoms with Crippen molar-refractivity contribution in [3.63, 3.8) is 0 Å². The first kappa shape index (κ1) is 11.6. The second kappa shape index (κ2) is 7.80. The summed E-state index contributed by atoms with van der Waals surface area (Å²) in [5.74, 6) is 0. The summed E-state index contributed by atoms with van der Waals surface area (Å²) in [5.41, 5.74) is 0. The summed E-state index contributed by atoms with van der Waals surface area (Å²) in [6, 6.07) is 0. The van der Waals surface area contributed by atoms with Crippen LogP contribution in [-0.2, 0) is 20.6 Å². The van der Waals surface area contributed by atoms with Gasteiger partial charge in [0.25, 0.3) is 11.4 Å². The van der Waals surface area contributed by atoms with Crippen molar-refractivity contribution >= 4 is 42.0 Å². The molecule has 0 spiro atoms. The minimum Gasteiger partial charge on any atom is -0.284 e. The number of rotatable bonds is 0. The van der Waals surface area contributed by atoms with Gasteiger partial charge in [0.15, 0.2) is 0 Å². The minimum atomic E-state index is -2.61. The Balaban J connectivity index is 0. The SMILES string of the molecule is O=S(Cl)Cl.O=S(O)O. The van der Waals surface area contributed by atoms with Gasteiger partial charge in [-0.15, -0.1) is 0 Å². The van der Waals surface area contributed by atoms with Crippen molar-refractivity contribution in [2.45, 2.75) is 0 Å². The predicted octanol–water partition coefficient (Wildman–Crippen LogP) is 0.724. The molecule has 0 atom stereocenters. The van der Waals surface area contributed by atoms with Gasteiger partial charge >= 0.3 is 0 Å². The van der Waals surface area contributed by atoms with Crippen molar-refractivity contribution in [2.24, 2.45) is 0 Å². The van der Waals surface area contributed by atoms with Crippen molar-refractivity contribution in [2.75, 3.05) is 0 Å². The zero-order valence-corrected chi connectivity index (χ0v) is 6.43. The van der Waals surface area contributed by atoms with Crippen LogP contribution < -0.4 is 0 Å². The molecule has 0 aromatic heterocycles. The number of hydrogen-bond donors (Lipinski definition) is 2. The molecular formula is H2Cl2O4S2. The molecule has 0 aliphatic rings. The van der Waals surface area contributed by atoms with Crippen LogP contribution in [0.4, 0.5) is 0 Å². The number of halogens is 2. The molecule has 0 rings (SSSR count). The Kier molecular flexibility index (Phi) is 11.3. The molecule has 0 fully saturated rings. The maximum absolute atomic E-state index is 9.09. The van der Waals surface area contributed by atoms with E-state index in [-0.39, 0.29) is 0 Å². The van der Waals surface area contributed by atoms with Gasteiger partial charge in [-0.3, -0.25) is 9.11 Å². The molecule has 4 nitrogen and oxygen atoms in total. The molecule has 8 heavy (non-hydrogen) atoms. The normalized spacial score (nSPS) is 8.75. The summed E-state index contributed by atoms with van der Waals surface area (Å²) in [6.07, 6.45) is 0. The van der Waals surface area contributed by atoms with Gasteiger partial charge in [0.2, 0.25) is 9.23 Å². The van der Waals surface area contributed by atoms with Crippen molar-refractivity contribution < 1.29 is 17.5 Å². The Morgan fingerprint density at radius 3 is 1.12 bits per heavy atom. The lowest BCUT2D eigenvalue weighted by Gasteiger charge is -1.59. The maximum Gasteiger partial charge on any atom is 0.299 e. The molecule has 0 unspecified atom stereocenters. The standard InChI is InChI=1S/Cl2OS.H2O3S/c2*1-4(2)3/h;(H2,1,2,3). The van der Waals surface area contributed by atoms with E-state index >= 15 is 0 Å². The third-order valence-corrected chi connectivity index (χ3v) is 0. The van der Waals surface area contributed by atoms with Gasteiger partial charge in [-0.05, 0) is 0 Å². The van der Waals surface area contributed by atoms with E-state index in [1.807, 2.05) is 0 Å². The van der Waals surface area contributed by atoms with Crippen LogP contribution in [0.15, 0.2) is 0 Å². The monoisotopic (exact) mass is 200 g/mol. The molecule has 0 heterocycles. The van der Waals surface area contributed by atoms with Crippen LogP contribution in [-0.4, -0.2) is 17.5 Å². The molecule has 52 valence electrons. The van der Waals surface area contributed by atoms with E-state index in [9.17, 15) is 0 Å². The Morgan fingerprint density at radius 2 is 1.12 bits per heavy atom. The fourth-order valence-corrected chi connectivity index (χ4v) is 0. The molecule has 0 saturated carbocycles. The lowest BCUT2D eigenvalue weighted by atomic mass is 15.8. The summed E-state index contributed by atoms with van der Waals surface area (Å²) >= 11 is -2.61. The summed E-state index contributed by atoms with van der Waals surface area (Å²) in [4.78, 5) is 0. The second-order valence-electron chi connectivity index (χ2n) is 0.415. The molecule has 0 aliphatic carbocycles. The van der Waals surface area contributed by atoms with Gasteiger partial charge in [-0.1, -0.05) is 0 Å². The Bertz CT molecular complexity index is 70.0. The van der Waals surface area contributed by atoms with E-state index in [1.165, 1.54) is 0 Å². The average Bonchev–Trinajstić information content (AvgIpc) is 1.25. The Labute approximate surface area is 59.7 Å². The van der Waals surface area contributed by atoms with Crippen LogP contribution in [0.3, 0.4) is 0 Å². The Hall–Kier alpha value is 0.800. The topological polar surface area (TPSA) is 74.6 Å². The van der Waals surface area contributed by atoms with Gasteiger partial charge in [0.05, 0.1) is 0 Å². The van der Waals surface area contributed by atoms with E-state index in [2.05, 4.69) is 21.4 Å². The Morgan fingerprint density at radius 1 is 1.12 bits per heavy atom. The third-order valence-electron chi connectivity index (χ3n) is 0. The molecule has 2 N–H and O–H groups in total. The largest absolute Gasteiger partial charge is 0.299 e. The molecule has 0 radical (unpaired) electrons. The summed E-state index contributed by atoms with van der Waals surface area (Å²) in [7, 11) is 7.36. The first-order valence-electron chi connectivity index (χ1n) is 1.01. The third kappa shape index (κ3) is 357. The minimum absolute atomic E-state index is 1.67. The highest BCUT2D eigenvalue weighted by Crippen LogP contribution is 1.89. The molecule has 0 aliphatic heterocycles. The lowest BCUT2D eigenvalue weighted by molar-refractivity contribution is 0.454. The van der Waals surface area contributed by atoms with Gasteiger partial charge in [-0.2, -0.15) is 4.21 Å². The highest BCUT2D eigenvalue weighted by molar-refractivity contribution is 8.26. The summed E-state index contributed by atoms with van der Waals surface area (Å²) < 4.78 is 31.9. The predicted molar refractivity (Wildman–Crippen MR) is 33.2 cm³/mol. The van der Waals surface area contributed by atoms with Crippen LogP contribution in [0.2, 0.25) is 0 Å². The van der Waals surface area contributed by atoms with Gasteiger partial charge in [0.1, 0.15) is 0 Å². The molecule has 8 heteroatoms. The fourth-order valence-electron chi connectivity index (χ4n) is 0. The number of hydrogen-bond acceptors (Lipinski definition) is 2. The summed E-state index contributed by atoms with van der Waals surface area (Å²) in [5, 5.41) is 0. The van der Waals surface area contributed by atoms with Crippen LogP contribution in [0.1, 0.15) is 0 Å². The molecule has 0 aromatic rings. The molecule has 0 amide bonds.